The van der Waals surface area contributed by atoms with Gasteiger partial charge in [0.1, 0.15) is 0 Å². The van der Waals surface area contributed by atoms with Gasteiger partial charge in [-0.05, 0) is 25.7 Å². The van der Waals surface area contributed by atoms with Crippen LogP contribution in [0.15, 0.2) is 12.3 Å². The van der Waals surface area contributed by atoms with Gasteiger partial charge in [0.2, 0.25) is 0 Å². The van der Waals surface area contributed by atoms with Crippen molar-refractivity contribution in [2.45, 2.75) is 25.7 Å². The first-order chi connectivity index (χ1) is 5.34. The molecule has 64 valence electrons. The molecular formula is C9H16BrN. The van der Waals surface area contributed by atoms with Crippen molar-refractivity contribution in [2.24, 2.45) is 0 Å². The van der Waals surface area contributed by atoms with Gasteiger partial charge in [-0.1, -0.05) is 22.5 Å². The van der Waals surface area contributed by atoms with Crippen LogP contribution < -0.4 is 0 Å². The fourth-order valence-corrected chi connectivity index (χ4v) is 1.94. The van der Waals surface area contributed by atoms with Gasteiger partial charge in [-0.25, -0.2) is 0 Å². The summed E-state index contributed by atoms with van der Waals surface area (Å²) in [7, 11) is 0. The Morgan fingerprint density at radius 2 is 1.91 bits per heavy atom. The lowest BCUT2D eigenvalue weighted by Gasteiger charge is -2.30. The van der Waals surface area contributed by atoms with Gasteiger partial charge in [0.05, 0.1) is 0 Å². The van der Waals surface area contributed by atoms with Crippen LogP contribution in [-0.2, 0) is 0 Å². The summed E-state index contributed by atoms with van der Waals surface area (Å²) in [6, 6.07) is 0. The third kappa shape index (κ3) is 2.86. The maximum absolute atomic E-state index is 4.06. The summed E-state index contributed by atoms with van der Waals surface area (Å²) in [5.74, 6) is 0. The molecule has 0 aromatic rings. The second kappa shape index (κ2) is 4.81. The van der Waals surface area contributed by atoms with Crippen LogP contribution in [0.2, 0.25) is 0 Å². The maximum atomic E-state index is 4.06. The van der Waals surface area contributed by atoms with Crippen LogP contribution in [-0.4, -0.2) is 23.3 Å². The molecule has 1 rings (SSSR count). The first-order valence-electron chi connectivity index (χ1n) is 4.33. The largest absolute Gasteiger partial charge is 0.375 e. The van der Waals surface area contributed by atoms with Crippen molar-refractivity contribution in [1.82, 2.24) is 4.90 Å². The normalized spacial score (nSPS) is 18.5. The monoisotopic (exact) mass is 217 g/mol. The molecule has 1 fully saturated rings. The molecule has 0 amide bonds. The Kier molecular flexibility index (Phi) is 3.98. The van der Waals surface area contributed by atoms with Gasteiger partial charge in [0.15, 0.2) is 0 Å². The molecule has 1 aliphatic rings. The van der Waals surface area contributed by atoms with Gasteiger partial charge >= 0.3 is 0 Å². The minimum absolute atomic E-state index is 1.04. The van der Waals surface area contributed by atoms with E-state index in [-0.39, 0.29) is 0 Å². The van der Waals surface area contributed by atoms with Crippen molar-refractivity contribution < 1.29 is 0 Å². The lowest BCUT2D eigenvalue weighted by molar-refractivity contribution is 0.280. The fraction of sp³-hybridized carbons (Fsp3) is 0.778. The molecule has 0 aromatic carbocycles. The zero-order valence-corrected chi connectivity index (χ0v) is 8.57. The second-order valence-electron chi connectivity index (χ2n) is 3.05. The number of halogens is 1. The maximum Gasteiger partial charge on any atom is 0.0174 e. The number of likely N-dealkylation sites (tertiary alicyclic amines) is 1. The highest BCUT2D eigenvalue weighted by Crippen LogP contribution is 2.15. The lowest BCUT2D eigenvalue weighted by atomic mass is 10.1. The van der Waals surface area contributed by atoms with Gasteiger partial charge in [-0.2, -0.15) is 0 Å². The molecule has 1 saturated heterocycles. The number of hydrogen-bond acceptors (Lipinski definition) is 1. The van der Waals surface area contributed by atoms with Gasteiger partial charge in [-0.3, -0.25) is 0 Å². The zero-order chi connectivity index (χ0) is 8.10. The van der Waals surface area contributed by atoms with E-state index in [4.69, 9.17) is 0 Å². The van der Waals surface area contributed by atoms with E-state index in [1.807, 2.05) is 0 Å². The number of piperidine rings is 1. The third-order valence-electron chi connectivity index (χ3n) is 2.19. The minimum atomic E-state index is 1.04. The summed E-state index contributed by atoms with van der Waals surface area (Å²) in [5, 5.41) is 1.04. The average molecular weight is 218 g/mol. The molecule has 0 atom stereocenters. The highest BCUT2D eigenvalue weighted by atomic mass is 79.9. The fourth-order valence-electron chi connectivity index (χ4n) is 1.48. The summed E-state index contributed by atoms with van der Waals surface area (Å²) in [4.78, 5) is 2.42. The molecule has 0 radical (unpaired) electrons. The molecule has 1 nitrogen and oxygen atoms in total. The standard InChI is InChI=1S/C9H16BrN/c1-9(5-6-10)11-7-3-2-4-8-11/h1-8H2. The first kappa shape index (κ1) is 9.11. The van der Waals surface area contributed by atoms with Crippen LogP contribution >= 0.6 is 15.9 Å². The van der Waals surface area contributed by atoms with E-state index in [0.29, 0.717) is 0 Å². The number of alkyl halides is 1. The van der Waals surface area contributed by atoms with Gasteiger partial charge < -0.3 is 4.90 Å². The summed E-state index contributed by atoms with van der Waals surface area (Å²) >= 11 is 3.43. The van der Waals surface area contributed by atoms with Crippen molar-refractivity contribution in [3.63, 3.8) is 0 Å². The molecule has 0 N–H and O–H groups in total. The van der Waals surface area contributed by atoms with Gasteiger partial charge in [0, 0.05) is 24.1 Å². The molecule has 0 bridgehead atoms. The molecular weight excluding hydrogens is 202 g/mol. The summed E-state index contributed by atoms with van der Waals surface area (Å²) < 4.78 is 0. The van der Waals surface area contributed by atoms with E-state index in [9.17, 15) is 0 Å². The molecule has 0 spiro atoms. The Morgan fingerprint density at radius 1 is 1.27 bits per heavy atom. The molecule has 1 heterocycles. The van der Waals surface area contributed by atoms with E-state index in [1.54, 1.807) is 0 Å². The molecule has 11 heavy (non-hydrogen) atoms. The predicted molar refractivity (Wildman–Crippen MR) is 53.0 cm³/mol. The zero-order valence-electron chi connectivity index (χ0n) is 6.98. The molecule has 0 aromatic heterocycles. The van der Waals surface area contributed by atoms with Crippen LogP contribution in [0, 0.1) is 0 Å². The Balaban J connectivity index is 2.27. The first-order valence-corrected chi connectivity index (χ1v) is 5.45. The summed E-state index contributed by atoms with van der Waals surface area (Å²) in [5.41, 5.74) is 1.31. The second-order valence-corrected chi connectivity index (χ2v) is 3.85. The van der Waals surface area contributed by atoms with E-state index in [1.165, 1.54) is 38.0 Å². The average Bonchev–Trinajstić information content (AvgIpc) is 2.07. The Morgan fingerprint density at radius 3 is 2.45 bits per heavy atom. The van der Waals surface area contributed by atoms with Gasteiger partial charge in [-0.15, -0.1) is 0 Å². The third-order valence-corrected chi connectivity index (χ3v) is 2.58. The predicted octanol–water partition coefficient (Wildman–Crippen LogP) is 2.77. The van der Waals surface area contributed by atoms with Crippen molar-refractivity contribution in [1.29, 1.82) is 0 Å². The number of hydrogen-bond donors (Lipinski definition) is 0. The van der Waals surface area contributed by atoms with E-state index >= 15 is 0 Å². The molecule has 1 aliphatic heterocycles. The van der Waals surface area contributed by atoms with Gasteiger partial charge in [0.25, 0.3) is 0 Å². The highest BCUT2D eigenvalue weighted by Gasteiger charge is 2.10. The summed E-state index contributed by atoms with van der Waals surface area (Å²) in [6.07, 6.45) is 5.20. The lowest BCUT2D eigenvalue weighted by Crippen LogP contribution is -2.28. The van der Waals surface area contributed by atoms with Crippen molar-refractivity contribution >= 4 is 15.9 Å². The molecule has 0 aliphatic carbocycles. The van der Waals surface area contributed by atoms with E-state index in [2.05, 4.69) is 27.4 Å². The quantitative estimate of drug-likeness (QED) is 0.658. The van der Waals surface area contributed by atoms with Crippen LogP contribution in [0.4, 0.5) is 0 Å². The SMILES string of the molecule is C=C(CCBr)N1CCCCC1. The Bertz CT molecular complexity index is 128. The number of rotatable bonds is 3. The number of allylic oxidation sites excluding steroid dienone is 1. The van der Waals surface area contributed by atoms with Crippen LogP contribution in [0.5, 0.6) is 0 Å². The highest BCUT2D eigenvalue weighted by molar-refractivity contribution is 9.09. The smallest absolute Gasteiger partial charge is 0.0174 e. The molecule has 0 unspecified atom stereocenters. The van der Waals surface area contributed by atoms with Crippen molar-refractivity contribution in [3.8, 4) is 0 Å². The minimum Gasteiger partial charge on any atom is -0.375 e. The molecule has 2 heteroatoms. The van der Waals surface area contributed by atoms with Crippen LogP contribution in [0.3, 0.4) is 0 Å². The topological polar surface area (TPSA) is 3.24 Å². The van der Waals surface area contributed by atoms with Crippen molar-refractivity contribution in [2.75, 3.05) is 18.4 Å². The summed E-state index contributed by atoms with van der Waals surface area (Å²) in [6.45, 7) is 6.52. The Hall–Kier alpha value is 0.0200. The van der Waals surface area contributed by atoms with E-state index < -0.39 is 0 Å². The van der Waals surface area contributed by atoms with Crippen molar-refractivity contribution in [3.05, 3.63) is 12.3 Å². The molecule has 0 saturated carbocycles. The Labute approximate surface area is 77.6 Å². The van der Waals surface area contributed by atoms with Crippen LogP contribution in [0.1, 0.15) is 25.7 Å². The van der Waals surface area contributed by atoms with Crippen LogP contribution in [0.25, 0.3) is 0 Å². The number of nitrogens with zero attached hydrogens (tertiary/aromatic N) is 1. The van der Waals surface area contributed by atoms with E-state index in [0.717, 1.165) is 11.8 Å².